The van der Waals surface area contributed by atoms with Gasteiger partial charge in [0.2, 0.25) is 5.78 Å². The Morgan fingerprint density at radius 2 is 1.91 bits per heavy atom. The van der Waals surface area contributed by atoms with Crippen LogP contribution in [0, 0.1) is 23.2 Å². The summed E-state index contributed by atoms with van der Waals surface area (Å²) in [6.45, 7) is 2.11. The molecule has 0 spiro atoms. The molecule has 0 N–H and O–H groups in total. The molecule has 4 aliphatic rings. The van der Waals surface area contributed by atoms with Crippen LogP contribution >= 0.6 is 0 Å². The molecule has 0 heterocycles. The minimum absolute atomic E-state index is 0.0641. The van der Waals surface area contributed by atoms with Crippen LogP contribution in [0.15, 0.2) is 23.0 Å². The van der Waals surface area contributed by atoms with E-state index in [-0.39, 0.29) is 28.7 Å². The van der Waals surface area contributed by atoms with Gasteiger partial charge in [0, 0.05) is 29.1 Å². The molecule has 4 heteroatoms. The van der Waals surface area contributed by atoms with Crippen LogP contribution in [-0.4, -0.2) is 24.5 Å². The van der Waals surface area contributed by atoms with Gasteiger partial charge in [0.1, 0.15) is 5.78 Å². The van der Waals surface area contributed by atoms with Gasteiger partial charge < -0.3 is 4.74 Å². The standard InChI is InChI=1S/C19H22O4/c1-19-8-7-11-10(13(19)5-6-16(19)21)3-4-12-14(20)9-15(23-2)18(22)17(11)12/h9-11,13H,3-8H2,1-2H3/t10-,11+,13+,19+/m1/s1. The number of fused-ring (bicyclic) bond motifs is 4. The Balaban J connectivity index is 1.74. The lowest BCUT2D eigenvalue weighted by Gasteiger charge is -2.48. The molecule has 2 saturated carbocycles. The SMILES string of the molecule is COC1=CC(=O)C2=C(C1=O)[C@H]1CC[C@]3(C)C(=O)CC[C@H]3[C@@H]1CC2. The van der Waals surface area contributed by atoms with E-state index in [1.54, 1.807) is 0 Å². The Bertz CT molecular complexity index is 683. The van der Waals surface area contributed by atoms with Crippen molar-refractivity contribution in [1.29, 1.82) is 0 Å². The van der Waals surface area contributed by atoms with Gasteiger partial charge in [-0.2, -0.15) is 0 Å². The zero-order chi connectivity index (χ0) is 16.4. The molecule has 4 atom stereocenters. The van der Waals surface area contributed by atoms with E-state index < -0.39 is 0 Å². The number of ether oxygens (including phenoxy) is 1. The molecule has 0 bridgehead atoms. The minimum atomic E-state index is -0.207. The summed E-state index contributed by atoms with van der Waals surface area (Å²) in [6.07, 6.45) is 6.20. The zero-order valence-electron chi connectivity index (χ0n) is 13.7. The van der Waals surface area contributed by atoms with Crippen LogP contribution in [0.3, 0.4) is 0 Å². The third-order valence-corrected chi connectivity index (χ3v) is 6.82. The van der Waals surface area contributed by atoms with Crippen molar-refractivity contribution < 1.29 is 19.1 Å². The highest BCUT2D eigenvalue weighted by Crippen LogP contribution is 2.59. The smallest absolute Gasteiger partial charge is 0.224 e. The van der Waals surface area contributed by atoms with E-state index in [0.29, 0.717) is 41.6 Å². The van der Waals surface area contributed by atoms with Crippen molar-refractivity contribution in [3.05, 3.63) is 23.0 Å². The van der Waals surface area contributed by atoms with Crippen molar-refractivity contribution >= 4 is 17.3 Å². The topological polar surface area (TPSA) is 60.4 Å². The van der Waals surface area contributed by atoms with Gasteiger partial charge in [-0.1, -0.05) is 6.92 Å². The molecule has 0 unspecified atom stereocenters. The van der Waals surface area contributed by atoms with Gasteiger partial charge in [-0.15, -0.1) is 0 Å². The van der Waals surface area contributed by atoms with E-state index >= 15 is 0 Å². The lowest BCUT2D eigenvalue weighted by molar-refractivity contribution is -0.130. The second kappa shape index (κ2) is 4.89. The van der Waals surface area contributed by atoms with E-state index in [0.717, 1.165) is 25.7 Å². The number of hydrogen-bond donors (Lipinski definition) is 0. The monoisotopic (exact) mass is 314 g/mol. The van der Waals surface area contributed by atoms with Crippen molar-refractivity contribution in [2.45, 2.75) is 45.4 Å². The molecule has 0 amide bonds. The van der Waals surface area contributed by atoms with E-state index in [1.807, 2.05) is 0 Å². The first-order chi connectivity index (χ1) is 11.0. The molecule has 0 saturated heterocycles. The number of carbonyl (C=O) groups is 3. The molecule has 0 aliphatic heterocycles. The zero-order valence-corrected chi connectivity index (χ0v) is 13.7. The predicted molar refractivity (Wildman–Crippen MR) is 83.4 cm³/mol. The number of methoxy groups -OCH3 is 1. The summed E-state index contributed by atoms with van der Waals surface area (Å²) in [6, 6.07) is 0. The molecule has 0 aromatic heterocycles. The van der Waals surface area contributed by atoms with Gasteiger partial charge in [0.25, 0.3) is 0 Å². The molecule has 4 nitrogen and oxygen atoms in total. The fourth-order valence-corrected chi connectivity index (χ4v) is 5.61. The number of hydrogen-bond acceptors (Lipinski definition) is 4. The summed E-state index contributed by atoms with van der Waals surface area (Å²) in [5, 5.41) is 0. The Labute approximate surface area is 136 Å². The summed E-state index contributed by atoms with van der Waals surface area (Å²) >= 11 is 0. The maximum atomic E-state index is 12.8. The summed E-state index contributed by atoms with van der Waals surface area (Å²) in [4.78, 5) is 37.4. The van der Waals surface area contributed by atoms with Crippen molar-refractivity contribution in [2.75, 3.05) is 7.11 Å². The molecule has 2 fully saturated rings. The summed E-state index contributed by atoms with van der Waals surface area (Å²) in [5.41, 5.74) is 1.19. The number of rotatable bonds is 1. The van der Waals surface area contributed by atoms with Crippen LogP contribution in [0.1, 0.15) is 45.4 Å². The van der Waals surface area contributed by atoms with Crippen LogP contribution in [0.2, 0.25) is 0 Å². The highest BCUT2D eigenvalue weighted by atomic mass is 16.5. The molecule has 4 rings (SSSR count). The maximum Gasteiger partial charge on any atom is 0.224 e. The second-order valence-corrected chi connectivity index (χ2v) is 7.63. The Hall–Kier alpha value is -1.71. The summed E-state index contributed by atoms with van der Waals surface area (Å²) in [5.74, 6) is 1.23. The molecule has 0 aromatic rings. The van der Waals surface area contributed by atoms with E-state index in [9.17, 15) is 14.4 Å². The highest BCUT2D eigenvalue weighted by molar-refractivity contribution is 6.22. The predicted octanol–water partition coefficient (Wildman–Crippen LogP) is 2.77. The van der Waals surface area contributed by atoms with Crippen molar-refractivity contribution in [3.8, 4) is 0 Å². The molecule has 23 heavy (non-hydrogen) atoms. The highest BCUT2D eigenvalue weighted by Gasteiger charge is 2.56. The third kappa shape index (κ3) is 1.87. The van der Waals surface area contributed by atoms with Gasteiger partial charge in [0.05, 0.1) is 7.11 Å². The number of Topliss-reactive ketones (excluding diaryl/α,β-unsaturated/α-hetero) is 2. The molecule has 0 aromatic carbocycles. The largest absolute Gasteiger partial charge is 0.493 e. The van der Waals surface area contributed by atoms with Crippen molar-refractivity contribution in [3.63, 3.8) is 0 Å². The van der Waals surface area contributed by atoms with E-state index in [1.165, 1.54) is 13.2 Å². The second-order valence-electron chi connectivity index (χ2n) is 7.63. The van der Waals surface area contributed by atoms with Gasteiger partial charge in [-0.05, 0) is 49.9 Å². The number of carbonyl (C=O) groups excluding carboxylic acids is 3. The van der Waals surface area contributed by atoms with Crippen LogP contribution in [-0.2, 0) is 19.1 Å². The Kier molecular flexibility index (Phi) is 3.16. The average molecular weight is 314 g/mol. The summed E-state index contributed by atoms with van der Waals surface area (Å²) in [7, 11) is 1.44. The Morgan fingerprint density at radius 1 is 1.13 bits per heavy atom. The lowest BCUT2D eigenvalue weighted by atomic mass is 9.54. The molecule has 122 valence electrons. The normalized spacial score (nSPS) is 39.7. The first kappa shape index (κ1) is 14.9. The molecule has 4 aliphatic carbocycles. The fourth-order valence-electron chi connectivity index (χ4n) is 5.61. The number of ketones is 3. The van der Waals surface area contributed by atoms with Crippen LogP contribution in [0.25, 0.3) is 0 Å². The third-order valence-electron chi connectivity index (χ3n) is 6.82. The van der Waals surface area contributed by atoms with Crippen LogP contribution in [0.5, 0.6) is 0 Å². The molecular formula is C19H22O4. The van der Waals surface area contributed by atoms with E-state index in [4.69, 9.17) is 4.74 Å². The fraction of sp³-hybridized carbons (Fsp3) is 0.632. The number of allylic oxidation sites excluding steroid dienone is 3. The van der Waals surface area contributed by atoms with Gasteiger partial charge in [0.15, 0.2) is 11.5 Å². The first-order valence-electron chi connectivity index (χ1n) is 8.58. The van der Waals surface area contributed by atoms with Gasteiger partial charge >= 0.3 is 0 Å². The van der Waals surface area contributed by atoms with Crippen LogP contribution < -0.4 is 0 Å². The van der Waals surface area contributed by atoms with Crippen molar-refractivity contribution in [1.82, 2.24) is 0 Å². The van der Waals surface area contributed by atoms with E-state index in [2.05, 4.69) is 6.92 Å². The first-order valence-corrected chi connectivity index (χ1v) is 8.58. The quantitative estimate of drug-likeness (QED) is 0.698. The van der Waals surface area contributed by atoms with Gasteiger partial charge in [-0.3, -0.25) is 14.4 Å². The Morgan fingerprint density at radius 3 is 2.65 bits per heavy atom. The average Bonchev–Trinajstić information content (AvgIpc) is 2.85. The van der Waals surface area contributed by atoms with Crippen LogP contribution in [0.4, 0.5) is 0 Å². The molecule has 0 radical (unpaired) electrons. The summed E-state index contributed by atoms with van der Waals surface area (Å²) < 4.78 is 5.13. The maximum absolute atomic E-state index is 12.8. The molecular weight excluding hydrogens is 292 g/mol. The van der Waals surface area contributed by atoms with Gasteiger partial charge in [-0.25, -0.2) is 0 Å². The van der Waals surface area contributed by atoms with Crippen molar-refractivity contribution in [2.24, 2.45) is 23.2 Å². The lowest BCUT2D eigenvalue weighted by Crippen LogP contribution is -2.45. The minimum Gasteiger partial charge on any atom is -0.493 e.